The number of nitrogens with zero attached hydrogens (tertiary/aromatic N) is 2. The zero-order chi connectivity index (χ0) is 24.5. The molecular formula is C28H29N3O4. The van der Waals surface area contributed by atoms with Crippen LogP contribution in [0.5, 0.6) is 5.75 Å². The number of aromatic nitrogens is 2. The molecule has 0 bridgehead atoms. The van der Waals surface area contributed by atoms with Gasteiger partial charge in [0.15, 0.2) is 0 Å². The number of piperidine rings is 1. The minimum Gasteiger partial charge on any atom is -0.489 e. The van der Waals surface area contributed by atoms with Crippen LogP contribution in [0.3, 0.4) is 0 Å². The van der Waals surface area contributed by atoms with E-state index in [0.29, 0.717) is 42.5 Å². The molecule has 7 nitrogen and oxygen atoms in total. The molecule has 0 spiro atoms. The minimum absolute atomic E-state index is 0.0350. The number of amides is 1. The summed E-state index contributed by atoms with van der Waals surface area (Å²) in [5, 5.41) is 0.804. The van der Waals surface area contributed by atoms with E-state index in [4.69, 9.17) is 14.1 Å². The average molecular weight is 472 g/mol. The van der Waals surface area contributed by atoms with Gasteiger partial charge in [-0.25, -0.2) is 9.78 Å². The van der Waals surface area contributed by atoms with E-state index in [9.17, 15) is 9.59 Å². The number of aromatic amines is 1. The minimum atomic E-state index is -0.474. The van der Waals surface area contributed by atoms with E-state index in [-0.39, 0.29) is 12.3 Å². The fraction of sp³-hybridized carbons (Fsp3) is 0.321. The molecule has 1 N–H and O–H groups in total. The number of fused-ring (bicyclic) bond motifs is 2. The Bertz CT molecular complexity index is 1440. The maximum Gasteiger partial charge on any atom is 0.340 e. The molecule has 35 heavy (non-hydrogen) atoms. The van der Waals surface area contributed by atoms with E-state index in [1.807, 2.05) is 55.1 Å². The molecule has 2 aromatic heterocycles. The molecule has 1 fully saturated rings. The maximum atomic E-state index is 13.1. The third-order valence-corrected chi connectivity index (χ3v) is 6.71. The van der Waals surface area contributed by atoms with E-state index in [0.717, 1.165) is 46.2 Å². The number of para-hydroxylation sites is 2. The Balaban J connectivity index is 1.27. The van der Waals surface area contributed by atoms with Gasteiger partial charge in [0.1, 0.15) is 23.8 Å². The third kappa shape index (κ3) is 4.71. The van der Waals surface area contributed by atoms with Gasteiger partial charge in [0.25, 0.3) is 0 Å². The first kappa shape index (κ1) is 22.9. The van der Waals surface area contributed by atoms with Gasteiger partial charge in [0.05, 0.1) is 23.0 Å². The molecule has 1 aliphatic rings. The van der Waals surface area contributed by atoms with Crippen LogP contribution in [0.25, 0.3) is 22.0 Å². The summed E-state index contributed by atoms with van der Waals surface area (Å²) < 4.78 is 11.2. The second kappa shape index (κ2) is 9.41. The molecule has 1 amide bonds. The van der Waals surface area contributed by atoms with E-state index in [1.165, 1.54) is 0 Å². The van der Waals surface area contributed by atoms with Gasteiger partial charge in [-0.3, -0.25) is 4.79 Å². The zero-order valence-corrected chi connectivity index (χ0v) is 20.1. The van der Waals surface area contributed by atoms with Gasteiger partial charge in [-0.05, 0) is 62.1 Å². The Kier molecular flexibility index (Phi) is 6.16. The van der Waals surface area contributed by atoms with Gasteiger partial charge < -0.3 is 19.0 Å². The van der Waals surface area contributed by atoms with E-state index < -0.39 is 5.63 Å². The molecule has 3 heterocycles. The molecule has 5 rings (SSSR count). The predicted molar refractivity (Wildman–Crippen MR) is 136 cm³/mol. The molecule has 0 radical (unpaired) electrons. The molecule has 0 atom stereocenters. The number of H-pyrrole nitrogens is 1. The van der Waals surface area contributed by atoms with Crippen LogP contribution in [0.15, 0.2) is 63.8 Å². The normalized spacial score (nSPS) is 14.5. The van der Waals surface area contributed by atoms with Gasteiger partial charge >= 0.3 is 5.63 Å². The van der Waals surface area contributed by atoms with Crippen molar-refractivity contribution in [2.75, 3.05) is 19.7 Å². The number of hydrogen-bond acceptors (Lipinski definition) is 5. The van der Waals surface area contributed by atoms with E-state index in [2.05, 4.69) is 11.6 Å². The first-order valence-corrected chi connectivity index (χ1v) is 11.9. The van der Waals surface area contributed by atoms with Gasteiger partial charge in [-0.15, -0.1) is 0 Å². The van der Waals surface area contributed by atoms with Crippen LogP contribution in [0.4, 0.5) is 0 Å². The summed E-state index contributed by atoms with van der Waals surface area (Å²) in [6.07, 6.45) is 1.71. The van der Waals surface area contributed by atoms with Crippen molar-refractivity contribution >= 4 is 27.9 Å². The summed E-state index contributed by atoms with van der Waals surface area (Å²) in [5.74, 6) is 1.83. The number of carbonyl (C=O) groups excluding carboxylic acids is 1. The predicted octanol–water partition coefficient (Wildman–Crippen LogP) is 4.88. The van der Waals surface area contributed by atoms with E-state index in [1.54, 1.807) is 6.07 Å². The molecule has 2 aromatic carbocycles. The highest BCUT2D eigenvalue weighted by molar-refractivity contribution is 5.85. The number of benzene rings is 2. The van der Waals surface area contributed by atoms with Gasteiger partial charge in [-0.2, -0.15) is 0 Å². The van der Waals surface area contributed by atoms with Crippen LogP contribution >= 0.6 is 0 Å². The number of nitrogens with one attached hydrogen (secondary N) is 1. The number of ether oxygens (including phenoxy) is 1. The van der Waals surface area contributed by atoms with Crippen molar-refractivity contribution < 1.29 is 13.9 Å². The Hall–Kier alpha value is -3.87. The smallest absolute Gasteiger partial charge is 0.340 e. The van der Waals surface area contributed by atoms with Crippen molar-refractivity contribution in [3.63, 3.8) is 0 Å². The fourth-order valence-electron chi connectivity index (χ4n) is 4.71. The van der Waals surface area contributed by atoms with Crippen molar-refractivity contribution in [2.45, 2.75) is 39.0 Å². The molecular weight excluding hydrogens is 442 g/mol. The van der Waals surface area contributed by atoms with Crippen LogP contribution in [-0.2, 0) is 11.2 Å². The molecule has 7 heteroatoms. The SMILES string of the molecule is C=C(C)COc1ccc2c(C)c(CC(=O)N3CCC(c4nc5ccccc5[nH]4)CC3)c(=O)oc2c1. The lowest BCUT2D eigenvalue weighted by atomic mass is 9.95. The molecule has 0 aliphatic carbocycles. The molecule has 180 valence electrons. The summed E-state index contributed by atoms with van der Waals surface area (Å²) in [6.45, 7) is 9.26. The summed E-state index contributed by atoms with van der Waals surface area (Å²) in [7, 11) is 0. The lowest BCUT2D eigenvalue weighted by molar-refractivity contribution is -0.131. The van der Waals surface area contributed by atoms with Crippen LogP contribution < -0.4 is 10.4 Å². The summed E-state index contributed by atoms with van der Waals surface area (Å²) in [4.78, 5) is 35.8. The third-order valence-electron chi connectivity index (χ3n) is 6.71. The number of aryl methyl sites for hydroxylation is 1. The van der Waals surface area contributed by atoms with Crippen molar-refractivity contribution in [3.8, 4) is 5.75 Å². The van der Waals surface area contributed by atoms with Crippen LogP contribution in [-0.4, -0.2) is 40.5 Å². The van der Waals surface area contributed by atoms with Crippen LogP contribution in [0.1, 0.15) is 42.6 Å². The molecule has 4 aromatic rings. The van der Waals surface area contributed by atoms with Crippen molar-refractivity contribution in [2.24, 2.45) is 0 Å². The zero-order valence-electron chi connectivity index (χ0n) is 20.1. The Morgan fingerprint density at radius 3 is 2.74 bits per heavy atom. The first-order chi connectivity index (χ1) is 16.9. The highest BCUT2D eigenvalue weighted by atomic mass is 16.5. The lowest BCUT2D eigenvalue weighted by Crippen LogP contribution is -2.39. The molecule has 0 unspecified atom stereocenters. The Labute approximate surface area is 203 Å². The van der Waals surface area contributed by atoms with Crippen molar-refractivity contribution in [1.29, 1.82) is 0 Å². The topological polar surface area (TPSA) is 88.4 Å². The Morgan fingerprint density at radius 1 is 1.23 bits per heavy atom. The van der Waals surface area contributed by atoms with Gasteiger partial charge in [0.2, 0.25) is 5.91 Å². The highest BCUT2D eigenvalue weighted by Crippen LogP contribution is 2.29. The fourth-order valence-corrected chi connectivity index (χ4v) is 4.71. The van der Waals surface area contributed by atoms with Crippen molar-refractivity contribution in [3.05, 3.63) is 82.0 Å². The summed E-state index contributed by atoms with van der Waals surface area (Å²) >= 11 is 0. The lowest BCUT2D eigenvalue weighted by Gasteiger charge is -2.31. The highest BCUT2D eigenvalue weighted by Gasteiger charge is 2.27. The van der Waals surface area contributed by atoms with Gasteiger partial charge in [-0.1, -0.05) is 18.7 Å². The van der Waals surface area contributed by atoms with Crippen LogP contribution in [0.2, 0.25) is 0 Å². The quantitative estimate of drug-likeness (QED) is 0.320. The standard InChI is InChI=1S/C28H29N3O4/c1-17(2)16-34-20-8-9-21-18(3)22(28(33)35-25(21)14-20)15-26(32)31-12-10-19(11-13-31)27-29-23-6-4-5-7-24(23)30-27/h4-9,14,19H,1,10-13,15-16H2,2-3H3,(H,29,30). The first-order valence-electron chi connectivity index (χ1n) is 11.9. The monoisotopic (exact) mass is 471 g/mol. The average Bonchev–Trinajstić information content (AvgIpc) is 3.29. The second-order valence-corrected chi connectivity index (χ2v) is 9.37. The van der Waals surface area contributed by atoms with Crippen LogP contribution in [0, 0.1) is 6.92 Å². The second-order valence-electron chi connectivity index (χ2n) is 9.37. The van der Waals surface area contributed by atoms with E-state index >= 15 is 0 Å². The van der Waals surface area contributed by atoms with Crippen molar-refractivity contribution in [1.82, 2.24) is 14.9 Å². The number of imidazole rings is 1. The summed E-state index contributed by atoms with van der Waals surface area (Å²) in [5.41, 5.74) is 4.07. The number of hydrogen-bond donors (Lipinski definition) is 1. The number of carbonyl (C=O) groups is 1. The number of likely N-dealkylation sites (tertiary alicyclic amines) is 1. The maximum absolute atomic E-state index is 13.1. The molecule has 1 saturated heterocycles. The summed E-state index contributed by atoms with van der Waals surface area (Å²) in [6, 6.07) is 13.4. The largest absolute Gasteiger partial charge is 0.489 e. The van der Waals surface area contributed by atoms with Gasteiger partial charge in [0, 0.05) is 30.5 Å². The molecule has 1 aliphatic heterocycles. The molecule has 0 saturated carbocycles. The Morgan fingerprint density at radius 2 is 2.00 bits per heavy atom. The number of rotatable bonds is 6.